The molecule has 1 aliphatic rings. The summed E-state index contributed by atoms with van der Waals surface area (Å²) in [4.78, 5) is 19.0. The van der Waals surface area contributed by atoms with E-state index in [4.69, 9.17) is 11.6 Å². The third-order valence-corrected chi connectivity index (χ3v) is 5.77. The Kier molecular flexibility index (Phi) is 5.98. The van der Waals surface area contributed by atoms with Gasteiger partial charge in [-0.05, 0) is 50.4 Å². The number of thiophene rings is 1. The second-order valence-electron chi connectivity index (χ2n) is 6.54. The van der Waals surface area contributed by atoms with Crippen LogP contribution in [-0.4, -0.2) is 42.0 Å². The first kappa shape index (κ1) is 17.5. The molecule has 2 N–H and O–H groups in total. The lowest BCUT2D eigenvalue weighted by Crippen LogP contribution is -2.36. The molecule has 1 saturated heterocycles. The van der Waals surface area contributed by atoms with Gasteiger partial charge in [-0.2, -0.15) is 0 Å². The van der Waals surface area contributed by atoms with Crippen molar-refractivity contribution in [2.24, 2.45) is 5.92 Å². The Morgan fingerprint density at radius 3 is 3.08 bits per heavy atom. The Balaban J connectivity index is 1.48. The lowest BCUT2D eigenvalue weighted by Gasteiger charge is -2.30. The van der Waals surface area contributed by atoms with Gasteiger partial charge in [0.2, 0.25) is 0 Å². The van der Waals surface area contributed by atoms with Crippen LogP contribution >= 0.6 is 22.9 Å². The number of nitrogens with one attached hydrogen (secondary N) is 2. The second-order valence-corrected chi connectivity index (χ2v) is 8.26. The van der Waals surface area contributed by atoms with Crippen LogP contribution in [0.5, 0.6) is 0 Å². The molecule has 0 bridgehead atoms. The van der Waals surface area contributed by atoms with Crippen molar-refractivity contribution in [3.8, 4) is 10.4 Å². The monoisotopic (exact) mass is 365 g/mol. The van der Waals surface area contributed by atoms with Crippen molar-refractivity contribution in [2.75, 3.05) is 26.2 Å². The second kappa shape index (κ2) is 8.19. The van der Waals surface area contributed by atoms with Gasteiger partial charge in [0.25, 0.3) is 5.91 Å². The van der Waals surface area contributed by atoms with Gasteiger partial charge in [0.05, 0.1) is 9.90 Å². The van der Waals surface area contributed by atoms with E-state index >= 15 is 0 Å². The largest absolute Gasteiger partial charge is 0.366 e. The number of nitrogens with zero attached hydrogens (tertiary/aromatic N) is 1. The minimum atomic E-state index is -0.0252. The lowest BCUT2D eigenvalue weighted by atomic mass is 10.0. The van der Waals surface area contributed by atoms with Crippen LogP contribution in [0.3, 0.4) is 0 Å². The van der Waals surface area contributed by atoms with E-state index < -0.39 is 0 Å². The number of hydrogen-bond donors (Lipinski definition) is 2. The van der Waals surface area contributed by atoms with Crippen LogP contribution in [0, 0.1) is 5.92 Å². The molecule has 24 heavy (non-hydrogen) atoms. The van der Waals surface area contributed by atoms with Crippen molar-refractivity contribution in [3.63, 3.8) is 0 Å². The molecule has 2 aromatic heterocycles. The van der Waals surface area contributed by atoms with Gasteiger partial charge in [-0.15, -0.1) is 11.3 Å². The molecule has 0 spiro atoms. The van der Waals surface area contributed by atoms with E-state index in [0.717, 1.165) is 33.7 Å². The maximum atomic E-state index is 12.4. The van der Waals surface area contributed by atoms with Crippen molar-refractivity contribution in [2.45, 2.75) is 26.2 Å². The van der Waals surface area contributed by atoms with E-state index in [2.05, 4.69) is 22.1 Å². The number of hydrogen-bond acceptors (Lipinski definition) is 3. The van der Waals surface area contributed by atoms with Crippen LogP contribution in [-0.2, 0) is 0 Å². The van der Waals surface area contributed by atoms with Gasteiger partial charge < -0.3 is 15.2 Å². The van der Waals surface area contributed by atoms with Crippen LogP contribution < -0.4 is 5.32 Å². The third-order valence-electron chi connectivity index (χ3n) is 4.51. The topological polar surface area (TPSA) is 48.1 Å². The smallest absolute Gasteiger partial charge is 0.253 e. The van der Waals surface area contributed by atoms with Gasteiger partial charge in [0.1, 0.15) is 0 Å². The summed E-state index contributed by atoms with van der Waals surface area (Å²) in [5, 5.41) is 3.04. The highest BCUT2D eigenvalue weighted by atomic mass is 35.5. The minimum absolute atomic E-state index is 0.0252. The maximum absolute atomic E-state index is 12.4. The predicted molar refractivity (Wildman–Crippen MR) is 101 cm³/mol. The molecular formula is C18H24ClN3OS. The number of halogens is 1. The van der Waals surface area contributed by atoms with E-state index in [0.29, 0.717) is 12.1 Å². The van der Waals surface area contributed by atoms with Gasteiger partial charge in [-0.1, -0.05) is 18.5 Å². The first-order valence-corrected chi connectivity index (χ1v) is 9.76. The summed E-state index contributed by atoms with van der Waals surface area (Å²) in [7, 11) is 0. The molecular weight excluding hydrogens is 342 g/mol. The molecule has 0 unspecified atom stereocenters. The summed E-state index contributed by atoms with van der Waals surface area (Å²) in [6.45, 7) is 6.47. The van der Waals surface area contributed by atoms with E-state index in [-0.39, 0.29) is 5.91 Å². The van der Waals surface area contributed by atoms with Gasteiger partial charge in [-0.25, -0.2) is 0 Å². The highest BCUT2D eigenvalue weighted by Gasteiger charge is 2.17. The molecule has 0 radical (unpaired) electrons. The summed E-state index contributed by atoms with van der Waals surface area (Å²) in [5.74, 6) is 0.774. The maximum Gasteiger partial charge on any atom is 0.253 e. The van der Waals surface area contributed by atoms with E-state index in [9.17, 15) is 4.79 Å². The fourth-order valence-electron chi connectivity index (χ4n) is 3.30. The molecule has 2 aromatic rings. The minimum Gasteiger partial charge on any atom is -0.366 e. The molecule has 130 valence electrons. The van der Waals surface area contributed by atoms with Gasteiger partial charge >= 0.3 is 0 Å². The summed E-state index contributed by atoms with van der Waals surface area (Å²) < 4.78 is 0.730. The Bertz CT molecular complexity index is 681. The summed E-state index contributed by atoms with van der Waals surface area (Å²) >= 11 is 7.48. The van der Waals surface area contributed by atoms with Crippen LogP contribution in [0.15, 0.2) is 24.5 Å². The number of aromatic nitrogens is 1. The number of carbonyl (C=O) groups is 1. The first-order chi connectivity index (χ1) is 11.6. The number of amides is 1. The zero-order chi connectivity index (χ0) is 16.9. The van der Waals surface area contributed by atoms with Gasteiger partial charge in [0.15, 0.2) is 0 Å². The van der Waals surface area contributed by atoms with Crippen molar-refractivity contribution >= 4 is 28.8 Å². The Morgan fingerprint density at radius 1 is 1.46 bits per heavy atom. The SMILES string of the molecule is C[C@@H]1CCCN(CCCNC(=O)c2c[nH]cc2-c2ccc(Cl)s2)C1. The molecule has 6 heteroatoms. The number of aromatic amines is 1. The predicted octanol–water partition coefficient (Wildman–Crippen LogP) is 4.25. The molecule has 3 heterocycles. The standard InChI is InChI=1S/C18H24ClN3OS/c1-13-4-2-8-22(12-13)9-3-7-21-18(23)15-11-20-10-14(15)16-5-6-17(19)24-16/h5-6,10-11,13,20H,2-4,7-9,12H2,1H3,(H,21,23)/t13-/m1/s1. The normalized spacial score (nSPS) is 18.7. The number of likely N-dealkylation sites (tertiary alicyclic amines) is 1. The third kappa shape index (κ3) is 4.41. The van der Waals surface area contributed by atoms with Crippen molar-refractivity contribution < 1.29 is 4.79 Å². The zero-order valence-corrected chi connectivity index (χ0v) is 15.6. The highest BCUT2D eigenvalue weighted by Crippen LogP contribution is 2.33. The fraction of sp³-hybridized carbons (Fsp3) is 0.500. The van der Waals surface area contributed by atoms with E-state index in [1.54, 1.807) is 6.20 Å². The molecule has 1 aliphatic heterocycles. The quantitative estimate of drug-likeness (QED) is 0.752. The van der Waals surface area contributed by atoms with Crippen LogP contribution in [0.25, 0.3) is 10.4 Å². The van der Waals surface area contributed by atoms with Crippen molar-refractivity contribution in [3.05, 3.63) is 34.4 Å². The Hall–Kier alpha value is -1.30. The Labute approximate surface area is 152 Å². The summed E-state index contributed by atoms with van der Waals surface area (Å²) in [5.41, 5.74) is 1.59. The molecule has 1 amide bonds. The number of H-pyrrole nitrogens is 1. The highest BCUT2D eigenvalue weighted by molar-refractivity contribution is 7.19. The zero-order valence-electron chi connectivity index (χ0n) is 14.0. The average Bonchev–Trinajstić information content (AvgIpc) is 3.20. The van der Waals surface area contributed by atoms with E-state index in [1.165, 1.54) is 37.3 Å². The van der Waals surface area contributed by atoms with Crippen molar-refractivity contribution in [1.82, 2.24) is 15.2 Å². The number of carbonyl (C=O) groups excluding carboxylic acids is 1. The van der Waals surface area contributed by atoms with Crippen molar-refractivity contribution in [1.29, 1.82) is 0 Å². The molecule has 0 aromatic carbocycles. The lowest BCUT2D eigenvalue weighted by molar-refractivity contribution is 0.0951. The number of piperidine rings is 1. The molecule has 4 nitrogen and oxygen atoms in total. The summed E-state index contributed by atoms with van der Waals surface area (Å²) in [6.07, 6.45) is 7.24. The van der Waals surface area contributed by atoms with Crippen LogP contribution in [0.2, 0.25) is 4.34 Å². The molecule has 1 atom stereocenters. The average molecular weight is 366 g/mol. The van der Waals surface area contributed by atoms with E-state index in [1.807, 2.05) is 18.3 Å². The molecule has 3 rings (SSSR count). The molecule has 1 fully saturated rings. The van der Waals surface area contributed by atoms with Gasteiger partial charge in [0, 0.05) is 35.9 Å². The fourth-order valence-corrected chi connectivity index (χ4v) is 4.38. The summed E-state index contributed by atoms with van der Waals surface area (Å²) in [6, 6.07) is 3.81. The molecule has 0 aliphatic carbocycles. The Morgan fingerprint density at radius 2 is 2.33 bits per heavy atom. The van der Waals surface area contributed by atoms with Crippen LogP contribution in [0.1, 0.15) is 36.5 Å². The number of rotatable bonds is 6. The van der Waals surface area contributed by atoms with Gasteiger partial charge in [-0.3, -0.25) is 4.79 Å². The van der Waals surface area contributed by atoms with Crippen LogP contribution in [0.4, 0.5) is 0 Å². The molecule has 0 saturated carbocycles. The first-order valence-electron chi connectivity index (χ1n) is 8.56.